The van der Waals surface area contributed by atoms with E-state index in [1.165, 1.54) is 12.1 Å². The van der Waals surface area contributed by atoms with Crippen LogP contribution in [0.2, 0.25) is 0 Å². The molecule has 0 fully saturated rings. The van der Waals surface area contributed by atoms with Gasteiger partial charge in [-0.3, -0.25) is 4.79 Å². The third-order valence-corrected chi connectivity index (χ3v) is 3.56. The first kappa shape index (κ1) is 15.2. The normalized spacial score (nSPS) is 13.5. The molecular formula is C17H18FNO2. The first-order chi connectivity index (χ1) is 9.96. The molecule has 4 heteroatoms. The van der Waals surface area contributed by atoms with Gasteiger partial charge in [0.05, 0.1) is 12.1 Å². The zero-order chi connectivity index (χ0) is 15.5. The van der Waals surface area contributed by atoms with Gasteiger partial charge in [0, 0.05) is 5.56 Å². The molecule has 21 heavy (non-hydrogen) atoms. The third kappa shape index (κ3) is 3.28. The highest BCUT2D eigenvalue weighted by Gasteiger charge is 2.28. The number of nitrogens with one attached hydrogen (secondary N) is 1. The number of hydrogen-bond donors (Lipinski definition) is 2. The first-order valence-corrected chi connectivity index (χ1v) is 6.71. The summed E-state index contributed by atoms with van der Waals surface area (Å²) in [6.45, 7) is 3.22. The predicted molar refractivity (Wildman–Crippen MR) is 79.5 cm³/mol. The Morgan fingerprint density at radius 1 is 1.24 bits per heavy atom. The second kappa shape index (κ2) is 6.06. The number of amides is 1. The Hall–Kier alpha value is -2.20. The van der Waals surface area contributed by atoms with Crippen molar-refractivity contribution >= 4 is 5.91 Å². The Balaban J connectivity index is 2.30. The minimum atomic E-state index is -0.920. The van der Waals surface area contributed by atoms with Crippen LogP contribution in [0, 0.1) is 12.7 Å². The molecule has 0 aliphatic carbocycles. The summed E-state index contributed by atoms with van der Waals surface area (Å²) in [5, 5.41) is 12.5. The molecular weight excluding hydrogens is 269 g/mol. The van der Waals surface area contributed by atoms with Gasteiger partial charge in [0.25, 0.3) is 5.91 Å². The van der Waals surface area contributed by atoms with E-state index in [2.05, 4.69) is 5.32 Å². The number of halogens is 1. The molecule has 2 aromatic carbocycles. The van der Waals surface area contributed by atoms with Crippen LogP contribution < -0.4 is 5.32 Å². The van der Waals surface area contributed by atoms with Gasteiger partial charge in [-0.25, -0.2) is 4.39 Å². The molecule has 110 valence electrons. The van der Waals surface area contributed by atoms with Crippen LogP contribution in [0.4, 0.5) is 4.39 Å². The lowest BCUT2D eigenvalue weighted by atomic mass is 9.92. The quantitative estimate of drug-likeness (QED) is 0.908. The van der Waals surface area contributed by atoms with Crippen LogP contribution in [0.15, 0.2) is 48.5 Å². The van der Waals surface area contributed by atoms with Crippen molar-refractivity contribution in [2.75, 3.05) is 6.61 Å². The van der Waals surface area contributed by atoms with E-state index in [1.54, 1.807) is 19.9 Å². The van der Waals surface area contributed by atoms with Crippen LogP contribution in [0.25, 0.3) is 0 Å². The van der Waals surface area contributed by atoms with Crippen molar-refractivity contribution in [2.24, 2.45) is 0 Å². The zero-order valence-corrected chi connectivity index (χ0v) is 12.1. The van der Waals surface area contributed by atoms with Crippen LogP contribution in [-0.2, 0) is 5.54 Å². The smallest absolute Gasteiger partial charge is 0.252 e. The molecule has 2 rings (SSSR count). The minimum absolute atomic E-state index is 0.253. The molecule has 1 atom stereocenters. The Morgan fingerprint density at radius 2 is 1.90 bits per heavy atom. The number of hydrogen-bond acceptors (Lipinski definition) is 2. The average Bonchev–Trinajstić information content (AvgIpc) is 2.50. The molecule has 0 aliphatic heterocycles. The zero-order valence-electron chi connectivity index (χ0n) is 12.1. The SMILES string of the molecule is Cc1ccc(F)cc1C(=O)NC(C)(CO)c1ccccc1. The summed E-state index contributed by atoms with van der Waals surface area (Å²) in [4.78, 5) is 12.4. The van der Waals surface area contributed by atoms with E-state index in [9.17, 15) is 14.3 Å². The monoisotopic (exact) mass is 287 g/mol. The highest BCUT2D eigenvalue weighted by atomic mass is 19.1. The van der Waals surface area contributed by atoms with Crippen molar-refractivity contribution < 1.29 is 14.3 Å². The second-order valence-corrected chi connectivity index (χ2v) is 5.27. The molecule has 2 aromatic rings. The summed E-state index contributed by atoms with van der Waals surface area (Å²) in [6, 6.07) is 13.3. The highest BCUT2D eigenvalue weighted by Crippen LogP contribution is 2.21. The topological polar surface area (TPSA) is 49.3 Å². The Labute approximate surface area is 123 Å². The van der Waals surface area contributed by atoms with Gasteiger partial charge in [0.15, 0.2) is 0 Å². The molecule has 0 bridgehead atoms. The molecule has 3 nitrogen and oxygen atoms in total. The maximum atomic E-state index is 13.3. The molecule has 0 saturated heterocycles. The lowest BCUT2D eigenvalue weighted by molar-refractivity contribution is 0.0848. The Morgan fingerprint density at radius 3 is 2.52 bits per heavy atom. The molecule has 0 aromatic heterocycles. The molecule has 0 radical (unpaired) electrons. The maximum Gasteiger partial charge on any atom is 0.252 e. The van der Waals surface area contributed by atoms with E-state index in [1.807, 2.05) is 30.3 Å². The average molecular weight is 287 g/mol. The number of benzene rings is 2. The van der Waals surface area contributed by atoms with Crippen molar-refractivity contribution in [3.63, 3.8) is 0 Å². The van der Waals surface area contributed by atoms with E-state index in [4.69, 9.17) is 0 Å². The molecule has 1 unspecified atom stereocenters. The van der Waals surface area contributed by atoms with Crippen LogP contribution in [0.3, 0.4) is 0 Å². The van der Waals surface area contributed by atoms with Gasteiger partial charge < -0.3 is 10.4 Å². The van der Waals surface area contributed by atoms with Crippen molar-refractivity contribution in [3.05, 3.63) is 71.0 Å². The summed E-state index contributed by atoms with van der Waals surface area (Å²) in [7, 11) is 0. The van der Waals surface area contributed by atoms with Gasteiger partial charge in [-0.2, -0.15) is 0 Å². The van der Waals surface area contributed by atoms with Crippen LogP contribution in [0.5, 0.6) is 0 Å². The fourth-order valence-electron chi connectivity index (χ4n) is 2.17. The Kier molecular flexibility index (Phi) is 4.38. The predicted octanol–water partition coefficient (Wildman–Crippen LogP) is 2.77. The first-order valence-electron chi connectivity index (χ1n) is 6.71. The standard InChI is InChI=1S/C17H18FNO2/c1-12-8-9-14(18)10-15(12)16(21)19-17(2,11-20)13-6-4-3-5-7-13/h3-10,20H,11H2,1-2H3,(H,19,21). The number of carbonyl (C=O) groups excluding carboxylic acids is 1. The second-order valence-electron chi connectivity index (χ2n) is 5.27. The van der Waals surface area contributed by atoms with E-state index in [0.29, 0.717) is 5.56 Å². The van der Waals surface area contributed by atoms with Gasteiger partial charge in [-0.1, -0.05) is 36.4 Å². The highest BCUT2D eigenvalue weighted by molar-refractivity contribution is 5.96. The molecule has 0 saturated carbocycles. The summed E-state index contributed by atoms with van der Waals surface area (Å²) < 4.78 is 13.3. The van der Waals surface area contributed by atoms with Crippen LogP contribution in [0.1, 0.15) is 28.4 Å². The fourth-order valence-corrected chi connectivity index (χ4v) is 2.17. The maximum absolute atomic E-state index is 13.3. The summed E-state index contributed by atoms with van der Waals surface area (Å²) in [6.07, 6.45) is 0. The van der Waals surface area contributed by atoms with Crippen LogP contribution >= 0.6 is 0 Å². The van der Waals surface area contributed by atoms with Crippen molar-refractivity contribution in [1.82, 2.24) is 5.32 Å². The van der Waals surface area contributed by atoms with Crippen molar-refractivity contribution in [2.45, 2.75) is 19.4 Å². The molecule has 2 N–H and O–H groups in total. The van der Waals surface area contributed by atoms with Gasteiger partial charge in [-0.05, 0) is 37.1 Å². The largest absolute Gasteiger partial charge is 0.394 e. The lowest BCUT2D eigenvalue weighted by Gasteiger charge is -2.29. The molecule has 0 aliphatic rings. The van der Waals surface area contributed by atoms with Gasteiger partial charge >= 0.3 is 0 Å². The fraction of sp³-hybridized carbons (Fsp3) is 0.235. The van der Waals surface area contributed by atoms with Gasteiger partial charge in [0.1, 0.15) is 5.82 Å². The summed E-state index contributed by atoms with van der Waals surface area (Å²) in [5.74, 6) is -0.872. The Bertz CT molecular complexity index is 642. The lowest BCUT2D eigenvalue weighted by Crippen LogP contribution is -2.46. The molecule has 0 heterocycles. The van der Waals surface area contributed by atoms with Gasteiger partial charge in [0.2, 0.25) is 0 Å². The number of aryl methyl sites for hydroxylation is 1. The number of rotatable bonds is 4. The van der Waals surface area contributed by atoms with E-state index in [0.717, 1.165) is 5.56 Å². The summed E-state index contributed by atoms with van der Waals surface area (Å²) >= 11 is 0. The van der Waals surface area contributed by atoms with E-state index >= 15 is 0 Å². The van der Waals surface area contributed by atoms with E-state index in [-0.39, 0.29) is 12.2 Å². The molecule has 0 spiro atoms. The van der Waals surface area contributed by atoms with Crippen molar-refractivity contribution in [1.29, 1.82) is 0 Å². The number of aliphatic hydroxyl groups excluding tert-OH is 1. The minimum Gasteiger partial charge on any atom is -0.394 e. The number of aliphatic hydroxyl groups is 1. The third-order valence-electron chi connectivity index (χ3n) is 3.56. The van der Waals surface area contributed by atoms with Crippen LogP contribution in [-0.4, -0.2) is 17.6 Å². The molecule has 1 amide bonds. The van der Waals surface area contributed by atoms with Crippen molar-refractivity contribution in [3.8, 4) is 0 Å². The summed E-state index contributed by atoms with van der Waals surface area (Å²) in [5.41, 5.74) is 0.819. The van der Waals surface area contributed by atoms with Gasteiger partial charge in [-0.15, -0.1) is 0 Å². The van der Waals surface area contributed by atoms with E-state index < -0.39 is 17.3 Å². The number of carbonyl (C=O) groups is 1.